The van der Waals surface area contributed by atoms with Gasteiger partial charge in [0, 0.05) is 29.3 Å². The summed E-state index contributed by atoms with van der Waals surface area (Å²) in [6, 6.07) is 8.42. The molecule has 0 atom stereocenters. The summed E-state index contributed by atoms with van der Waals surface area (Å²) >= 11 is 0. The molecule has 2 heterocycles. The molecule has 20 heavy (non-hydrogen) atoms. The second-order valence-electron chi connectivity index (χ2n) is 5.00. The number of hydrogen-bond acceptors (Lipinski definition) is 3. The number of fused-ring (bicyclic) bond motifs is 1. The molecule has 0 bridgehead atoms. The van der Waals surface area contributed by atoms with Gasteiger partial charge in [-0.2, -0.15) is 0 Å². The smallest absolute Gasteiger partial charge is 0.144 e. The summed E-state index contributed by atoms with van der Waals surface area (Å²) in [5.41, 5.74) is 4.74. The number of hydrogen-bond donors (Lipinski definition) is 2. The van der Waals surface area contributed by atoms with Gasteiger partial charge in [0.15, 0.2) is 0 Å². The minimum Gasteiger partial charge on any atom is -0.368 e. The fourth-order valence-corrected chi connectivity index (χ4v) is 2.52. The van der Waals surface area contributed by atoms with Crippen LogP contribution in [0.3, 0.4) is 0 Å². The molecular formula is C16H18N4. The molecule has 4 heteroatoms. The topological polar surface area (TPSA) is 53.6 Å². The number of aryl methyl sites for hydroxylation is 2. The van der Waals surface area contributed by atoms with Gasteiger partial charge in [-0.05, 0) is 31.9 Å². The zero-order valence-electron chi connectivity index (χ0n) is 11.8. The van der Waals surface area contributed by atoms with E-state index in [1.165, 1.54) is 22.2 Å². The Kier molecular flexibility index (Phi) is 3.37. The standard InChI is InChI=1S/C16H18N4/c1-11-9-17-10-16(19-11)18-8-7-13-12(2)20-15-6-4-3-5-14(13)15/h3-6,9-10,20H,7-8H2,1-2H3,(H,18,19). The van der Waals surface area contributed by atoms with Crippen molar-refractivity contribution in [2.24, 2.45) is 0 Å². The van der Waals surface area contributed by atoms with E-state index in [0.29, 0.717) is 0 Å². The Morgan fingerprint density at radius 3 is 2.85 bits per heavy atom. The zero-order valence-corrected chi connectivity index (χ0v) is 11.8. The number of para-hydroxylation sites is 1. The molecule has 0 saturated carbocycles. The third kappa shape index (κ3) is 2.50. The van der Waals surface area contributed by atoms with Crippen LogP contribution in [0, 0.1) is 13.8 Å². The SMILES string of the molecule is Cc1cncc(NCCc2c(C)[nH]c3ccccc23)n1. The Morgan fingerprint density at radius 1 is 1.15 bits per heavy atom. The Bertz CT molecular complexity index is 730. The lowest BCUT2D eigenvalue weighted by Gasteiger charge is -2.06. The number of nitrogens with one attached hydrogen (secondary N) is 2. The van der Waals surface area contributed by atoms with E-state index >= 15 is 0 Å². The highest BCUT2D eigenvalue weighted by atomic mass is 15.0. The molecule has 0 amide bonds. The Labute approximate surface area is 118 Å². The minimum atomic E-state index is 0.836. The van der Waals surface area contributed by atoms with Gasteiger partial charge in [0.1, 0.15) is 5.82 Å². The summed E-state index contributed by atoms with van der Waals surface area (Å²) in [6.07, 6.45) is 4.48. The van der Waals surface area contributed by atoms with Crippen LogP contribution in [0.2, 0.25) is 0 Å². The molecule has 0 spiro atoms. The number of benzene rings is 1. The highest BCUT2D eigenvalue weighted by molar-refractivity contribution is 5.84. The molecule has 3 aromatic rings. The predicted octanol–water partition coefficient (Wildman–Crippen LogP) is 3.23. The molecule has 0 aliphatic rings. The molecule has 102 valence electrons. The highest BCUT2D eigenvalue weighted by Gasteiger charge is 2.07. The fourth-order valence-electron chi connectivity index (χ4n) is 2.52. The second kappa shape index (κ2) is 5.33. The van der Waals surface area contributed by atoms with Crippen molar-refractivity contribution in [1.82, 2.24) is 15.0 Å². The van der Waals surface area contributed by atoms with Crippen LogP contribution in [0.25, 0.3) is 10.9 Å². The van der Waals surface area contributed by atoms with E-state index in [9.17, 15) is 0 Å². The molecule has 2 aromatic heterocycles. The molecule has 0 aliphatic carbocycles. The third-order valence-electron chi connectivity index (χ3n) is 3.46. The summed E-state index contributed by atoms with van der Waals surface area (Å²) < 4.78 is 0. The lowest BCUT2D eigenvalue weighted by Crippen LogP contribution is -2.07. The summed E-state index contributed by atoms with van der Waals surface area (Å²) in [5, 5.41) is 4.64. The van der Waals surface area contributed by atoms with E-state index in [-0.39, 0.29) is 0 Å². The number of rotatable bonds is 4. The predicted molar refractivity (Wildman–Crippen MR) is 82.0 cm³/mol. The lowest BCUT2D eigenvalue weighted by molar-refractivity contribution is 0.984. The molecule has 1 aromatic carbocycles. The first-order valence-electron chi connectivity index (χ1n) is 6.83. The van der Waals surface area contributed by atoms with Crippen LogP contribution in [0.4, 0.5) is 5.82 Å². The summed E-state index contributed by atoms with van der Waals surface area (Å²) in [6.45, 7) is 4.92. The van der Waals surface area contributed by atoms with E-state index in [1.54, 1.807) is 12.4 Å². The van der Waals surface area contributed by atoms with Gasteiger partial charge < -0.3 is 10.3 Å². The maximum absolute atomic E-state index is 4.40. The molecular weight excluding hydrogens is 248 g/mol. The van der Waals surface area contributed by atoms with Gasteiger partial charge in [-0.15, -0.1) is 0 Å². The Hall–Kier alpha value is -2.36. The minimum absolute atomic E-state index is 0.836. The van der Waals surface area contributed by atoms with Gasteiger partial charge in [-0.1, -0.05) is 18.2 Å². The number of anilines is 1. The van der Waals surface area contributed by atoms with Crippen LogP contribution in [0.5, 0.6) is 0 Å². The van der Waals surface area contributed by atoms with Gasteiger partial charge in [-0.25, -0.2) is 4.98 Å². The van der Waals surface area contributed by atoms with Crippen molar-refractivity contribution >= 4 is 16.7 Å². The summed E-state index contributed by atoms with van der Waals surface area (Å²) in [4.78, 5) is 12.0. The van der Waals surface area contributed by atoms with Crippen LogP contribution in [0.1, 0.15) is 17.0 Å². The summed E-state index contributed by atoms with van der Waals surface area (Å²) in [7, 11) is 0. The largest absolute Gasteiger partial charge is 0.368 e. The summed E-state index contributed by atoms with van der Waals surface area (Å²) in [5.74, 6) is 0.836. The number of aromatic nitrogens is 3. The number of aromatic amines is 1. The molecule has 3 rings (SSSR count). The average molecular weight is 266 g/mol. The van der Waals surface area contributed by atoms with E-state index in [0.717, 1.165) is 24.5 Å². The van der Waals surface area contributed by atoms with Crippen molar-refractivity contribution in [3.05, 3.63) is 53.6 Å². The number of H-pyrrole nitrogens is 1. The second-order valence-corrected chi connectivity index (χ2v) is 5.00. The molecule has 0 radical (unpaired) electrons. The van der Waals surface area contributed by atoms with Gasteiger partial charge >= 0.3 is 0 Å². The van der Waals surface area contributed by atoms with Gasteiger partial charge in [0.25, 0.3) is 0 Å². The van der Waals surface area contributed by atoms with Crippen LogP contribution < -0.4 is 5.32 Å². The molecule has 0 fully saturated rings. The normalized spacial score (nSPS) is 10.9. The van der Waals surface area contributed by atoms with Crippen molar-refractivity contribution in [3.63, 3.8) is 0 Å². The van der Waals surface area contributed by atoms with Gasteiger partial charge in [-0.3, -0.25) is 4.98 Å². The molecule has 2 N–H and O–H groups in total. The first kappa shape index (κ1) is 12.7. The van der Waals surface area contributed by atoms with Crippen LogP contribution >= 0.6 is 0 Å². The average Bonchev–Trinajstić information content (AvgIpc) is 2.75. The van der Waals surface area contributed by atoms with Crippen molar-refractivity contribution in [1.29, 1.82) is 0 Å². The van der Waals surface area contributed by atoms with E-state index in [4.69, 9.17) is 0 Å². The van der Waals surface area contributed by atoms with Crippen LogP contribution in [0.15, 0.2) is 36.7 Å². The Balaban J connectivity index is 1.73. The maximum atomic E-state index is 4.40. The fraction of sp³-hybridized carbons (Fsp3) is 0.250. The molecule has 0 aliphatic heterocycles. The molecule has 0 unspecified atom stereocenters. The molecule has 4 nitrogen and oxygen atoms in total. The molecule has 0 saturated heterocycles. The first-order chi connectivity index (χ1) is 9.74. The first-order valence-corrected chi connectivity index (χ1v) is 6.83. The van der Waals surface area contributed by atoms with Crippen LogP contribution in [-0.2, 0) is 6.42 Å². The quantitative estimate of drug-likeness (QED) is 0.762. The lowest BCUT2D eigenvalue weighted by atomic mass is 10.1. The highest BCUT2D eigenvalue weighted by Crippen LogP contribution is 2.22. The van der Waals surface area contributed by atoms with E-state index < -0.39 is 0 Å². The van der Waals surface area contributed by atoms with Crippen molar-refractivity contribution < 1.29 is 0 Å². The van der Waals surface area contributed by atoms with Gasteiger partial charge in [0.05, 0.1) is 11.9 Å². The van der Waals surface area contributed by atoms with E-state index in [1.807, 2.05) is 6.92 Å². The van der Waals surface area contributed by atoms with Crippen molar-refractivity contribution in [3.8, 4) is 0 Å². The number of nitrogens with zero attached hydrogens (tertiary/aromatic N) is 2. The zero-order chi connectivity index (χ0) is 13.9. The maximum Gasteiger partial charge on any atom is 0.144 e. The van der Waals surface area contributed by atoms with Crippen molar-refractivity contribution in [2.45, 2.75) is 20.3 Å². The third-order valence-corrected chi connectivity index (χ3v) is 3.46. The Morgan fingerprint density at radius 2 is 2.00 bits per heavy atom. The van der Waals surface area contributed by atoms with E-state index in [2.05, 4.69) is 51.5 Å². The van der Waals surface area contributed by atoms with Crippen LogP contribution in [-0.4, -0.2) is 21.5 Å². The monoisotopic (exact) mass is 266 g/mol. The van der Waals surface area contributed by atoms with Crippen molar-refractivity contribution in [2.75, 3.05) is 11.9 Å². The van der Waals surface area contributed by atoms with Gasteiger partial charge in [0.2, 0.25) is 0 Å².